The molecule has 2 amide bonds. The molecule has 2 fully saturated rings. The molecule has 0 bridgehead atoms. The lowest BCUT2D eigenvalue weighted by Gasteiger charge is -2.36. The minimum absolute atomic E-state index is 0.204. The average Bonchev–Trinajstić information content (AvgIpc) is 2.43. The number of nitrogens with zero attached hydrogens (tertiary/aromatic N) is 2. The lowest BCUT2D eigenvalue weighted by atomic mass is 9.95. The first-order valence-corrected chi connectivity index (χ1v) is 7.52. The highest BCUT2D eigenvalue weighted by Gasteiger charge is 2.27. The maximum absolute atomic E-state index is 13.0. The number of ether oxygens (including phenoxy) is 1. The summed E-state index contributed by atoms with van der Waals surface area (Å²) in [6.07, 6.45) is 8.61. The molecule has 2 heterocycles. The summed E-state index contributed by atoms with van der Waals surface area (Å²) in [5, 5.41) is 2.67. The van der Waals surface area contributed by atoms with Gasteiger partial charge in [-0.1, -0.05) is 0 Å². The first-order chi connectivity index (χ1) is 10.2. The zero-order valence-corrected chi connectivity index (χ0v) is 11.9. The summed E-state index contributed by atoms with van der Waals surface area (Å²) in [6.45, 7) is 1.35. The van der Waals surface area contributed by atoms with Crippen LogP contribution in [0.5, 0.6) is 0 Å². The van der Waals surface area contributed by atoms with Crippen LogP contribution in [-0.4, -0.2) is 41.2 Å². The van der Waals surface area contributed by atoms with Crippen LogP contribution in [0.4, 0.5) is 14.9 Å². The Labute approximate surface area is 123 Å². The molecule has 1 saturated heterocycles. The highest BCUT2D eigenvalue weighted by atomic mass is 19.1. The van der Waals surface area contributed by atoms with Crippen LogP contribution in [0, 0.1) is 5.82 Å². The first kappa shape index (κ1) is 14.3. The number of hydrogen-bond donors (Lipinski definition) is 1. The van der Waals surface area contributed by atoms with Gasteiger partial charge in [-0.3, -0.25) is 4.98 Å². The maximum Gasteiger partial charge on any atom is 0.321 e. The molecule has 1 aliphatic carbocycles. The van der Waals surface area contributed by atoms with Crippen molar-refractivity contribution in [3.8, 4) is 0 Å². The predicted octanol–water partition coefficient (Wildman–Crippen LogP) is 2.79. The fourth-order valence-corrected chi connectivity index (χ4v) is 2.66. The van der Waals surface area contributed by atoms with E-state index in [1.54, 1.807) is 4.90 Å². The van der Waals surface area contributed by atoms with Gasteiger partial charge in [-0.2, -0.15) is 0 Å². The van der Waals surface area contributed by atoms with Crippen molar-refractivity contribution in [2.45, 2.75) is 44.3 Å². The molecule has 1 aromatic heterocycles. The normalized spacial score (nSPS) is 20.1. The van der Waals surface area contributed by atoms with Crippen LogP contribution in [0.2, 0.25) is 0 Å². The number of amides is 2. The minimum atomic E-state index is -0.458. The van der Waals surface area contributed by atoms with Crippen LogP contribution in [0.3, 0.4) is 0 Å². The summed E-state index contributed by atoms with van der Waals surface area (Å²) in [7, 11) is 0. The first-order valence-electron chi connectivity index (χ1n) is 7.52. The van der Waals surface area contributed by atoms with E-state index in [2.05, 4.69) is 10.3 Å². The number of piperidine rings is 1. The number of carbonyl (C=O) groups excluding carboxylic acids is 1. The van der Waals surface area contributed by atoms with Crippen LogP contribution in [0.25, 0.3) is 0 Å². The number of carbonyl (C=O) groups is 1. The molecule has 0 atom stereocenters. The Morgan fingerprint density at radius 1 is 1.24 bits per heavy atom. The second-order valence-corrected chi connectivity index (χ2v) is 5.70. The Hall–Kier alpha value is -1.69. The molecular weight excluding hydrogens is 273 g/mol. The van der Waals surface area contributed by atoms with E-state index < -0.39 is 5.82 Å². The van der Waals surface area contributed by atoms with E-state index in [1.807, 2.05) is 0 Å². The molecule has 6 heteroatoms. The lowest BCUT2D eigenvalue weighted by molar-refractivity contribution is -0.0694. The number of pyridine rings is 1. The van der Waals surface area contributed by atoms with E-state index in [0.717, 1.165) is 19.0 Å². The molecule has 114 valence electrons. The molecule has 0 unspecified atom stereocenters. The highest BCUT2D eigenvalue weighted by Crippen LogP contribution is 2.26. The van der Waals surface area contributed by atoms with Gasteiger partial charge in [0, 0.05) is 19.2 Å². The highest BCUT2D eigenvalue weighted by molar-refractivity contribution is 5.89. The van der Waals surface area contributed by atoms with E-state index in [-0.39, 0.29) is 12.1 Å². The van der Waals surface area contributed by atoms with Crippen molar-refractivity contribution in [1.82, 2.24) is 9.88 Å². The molecule has 0 spiro atoms. The van der Waals surface area contributed by atoms with Crippen molar-refractivity contribution in [3.05, 3.63) is 24.3 Å². The summed E-state index contributed by atoms with van der Waals surface area (Å²) in [6, 6.07) is 1.06. The summed E-state index contributed by atoms with van der Waals surface area (Å²) < 4.78 is 19.0. The minimum Gasteiger partial charge on any atom is -0.375 e. The molecule has 5 nitrogen and oxygen atoms in total. The van der Waals surface area contributed by atoms with E-state index in [0.29, 0.717) is 24.9 Å². The van der Waals surface area contributed by atoms with Crippen LogP contribution >= 0.6 is 0 Å². The third kappa shape index (κ3) is 3.69. The molecule has 3 rings (SSSR count). The average molecular weight is 293 g/mol. The second kappa shape index (κ2) is 6.39. The monoisotopic (exact) mass is 293 g/mol. The van der Waals surface area contributed by atoms with Gasteiger partial charge in [0.05, 0.1) is 30.3 Å². The molecular formula is C15H20FN3O2. The van der Waals surface area contributed by atoms with Crippen molar-refractivity contribution in [2.75, 3.05) is 18.4 Å². The molecule has 1 aliphatic heterocycles. The van der Waals surface area contributed by atoms with Crippen molar-refractivity contribution >= 4 is 11.7 Å². The van der Waals surface area contributed by atoms with Gasteiger partial charge in [0.1, 0.15) is 5.82 Å². The molecule has 21 heavy (non-hydrogen) atoms. The third-order valence-electron chi connectivity index (χ3n) is 4.12. The van der Waals surface area contributed by atoms with Gasteiger partial charge in [-0.15, -0.1) is 0 Å². The van der Waals surface area contributed by atoms with Crippen LogP contribution in [-0.2, 0) is 4.74 Å². The van der Waals surface area contributed by atoms with Gasteiger partial charge < -0.3 is 15.0 Å². The van der Waals surface area contributed by atoms with Gasteiger partial charge in [0.25, 0.3) is 0 Å². The molecule has 1 aromatic rings. The van der Waals surface area contributed by atoms with E-state index in [4.69, 9.17) is 4.74 Å². The molecule has 0 aromatic carbocycles. The zero-order chi connectivity index (χ0) is 14.7. The topological polar surface area (TPSA) is 54.5 Å². The number of likely N-dealkylation sites (tertiary alicyclic amines) is 1. The quantitative estimate of drug-likeness (QED) is 0.932. The number of rotatable bonds is 3. The number of nitrogens with one attached hydrogen (secondary N) is 1. The van der Waals surface area contributed by atoms with Gasteiger partial charge >= 0.3 is 6.03 Å². The van der Waals surface area contributed by atoms with E-state index in [1.165, 1.54) is 31.5 Å². The van der Waals surface area contributed by atoms with Gasteiger partial charge in [-0.25, -0.2) is 9.18 Å². The Morgan fingerprint density at radius 2 is 1.95 bits per heavy atom. The number of halogens is 1. The van der Waals surface area contributed by atoms with Gasteiger partial charge in [0.15, 0.2) is 0 Å². The fraction of sp³-hybridized carbons (Fsp3) is 0.600. The number of urea groups is 1. The largest absolute Gasteiger partial charge is 0.375 e. The fourth-order valence-electron chi connectivity index (χ4n) is 2.66. The van der Waals surface area contributed by atoms with Crippen LogP contribution < -0.4 is 5.32 Å². The van der Waals surface area contributed by atoms with Crippen LogP contribution in [0.1, 0.15) is 32.1 Å². The zero-order valence-electron chi connectivity index (χ0n) is 11.9. The smallest absolute Gasteiger partial charge is 0.321 e. The maximum atomic E-state index is 13.0. The Balaban J connectivity index is 1.46. The molecule has 1 saturated carbocycles. The van der Waals surface area contributed by atoms with Crippen molar-refractivity contribution in [2.24, 2.45) is 0 Å². The standard InChI is InChI=1S/C15H20FN3O2/c16-11-8-12(10-17-9-11)18-15(20)19-6-4-14(5-7-19)21-13-2-1-3-13/h8-10,13-14H,1-7H2,(H,18,20). The summed E-state index contributed by atoms with van der Waals surface area (Å²) >= 11 is 0. The van der Waals surface area contributed by atoms with Crippen LogP contribution in [0.15, 0.2) is 18.5 Å². The SMILES string of the molecule is O=C(Nc1cncc(F)c1)N1CCC(OC2CCC2)CC1. The lowest BCUT2D eigenvalue weighted by Crippen LogP contribution is -2.44. The molecule has 1 N–H and O–H groups in total. The van der Waals surface area contributed by atoms with Gasteiger partial charge in [0.2, 0.25) is 0 Å². The van der Waals surface area contributed by atoms with Crippen molar-refractivity contribution in [1.29, 1.82) is 0 Å². The second-order valence-electron chi connectivity index (χ2n) is 5.70. The number of aromatic nitrogens is 1. The third-order valence-corrected chi connectivity index (χ3v) is 4.12. The summed E-state index contributed by atoms with van der Waals surface area (Å²) in [5.74, 6) is -0.458. The Bertz CT molecular complexity index is 499. The number of anilines is 1. The van der Waals surface area contributed by atoms with Gasteiger partial charge in [-0.05, 0) is 32.1 Å². The summed E-state index contributed by atoms with van der Waals surface area (Å²) in [5.41, 5.74) is 0.382. The van der Waals surface area contributed by atoms with Crippen molar-refractivity contribution in [3.63, 3.8) is 0 Å². The molecule has 0 radical (unpaired) electrons. The Morgan fingerprint density at radius 3 is 2.57 bits per heavy atom. The summed E-state index contributed by atoms with van der Waals surface area (Å²) in [4.78, 5) is 17.6. The predicted molar refractivity (Wildman–Crippen MR) is 76.5 cm³/mol. The van der Waals surface area contributed by atoms with E-state index in [9.17, 15) is 9.18 Å². The molecule has 2 aliphatic rings. The Kier molecular flexibility index (Phi) is 4.34. The number of hydrogen-bond acceptors (Lipinski definition) is 3. The van der Waals surface area contributed by atoms with Crippen molar-refractivity contribution < 1.29 is 13.9 Å². The van der Waals surface area contributed by atoms with E-state index >= 15 is 0 Å².